The predicted octanol–water partition coefficient (Wildman–Crippen LogP) is 17.8. The molecule has 1 atom stereocenters. The smallest absolute Gasteiger partial charge is 0.306 e. The van der Waals surface area contributed by atoms with Crippen molar-refractivity contribution in [1.82, 2.24) is 0 Å². The number of unbranched alkanes of at least 4 members (excludes halogenated alkanes) is 32. The quantitative estimate of drug-likeness (QED) is 0.0347. The van der Waals surface area contributed by atoms with Crippen molar-refractivity contribution in [1.29, 1.82) is 0 Å². The van der Waals surface area contributed by atoms with Crippen LogP contribution in [0.1, 0.15) is 278 Å². The molecule has 0 spiro atoms. The van der Waals surface area contributed by atoms with Gasteiger partial charge in [-0.25, -0.2) is 0 Å². The summed E-state index contributed by atoms with van der Waals surface area (Å²) in [6.45, 7) is 7.79. The lowest BCUT2D eigenvalue weighted by atomic mass is 10.1. The van der Waals surface area contributed by atoms with Crippen molar-refractivity contribution < 1.29 is 23.8 Å². The summed E-state index contributed by atoms with van der Waals surface area (Å²) in [6, 6.07) is 0. The number of carbonyl (C=O) groups is 2. The fraction of sp³-hybridized carbons (Fsp3) is 0.855. The van der Waals surface area contributed by atoms with Crippen LogP contribution in [0.25, 0.3) is 0 Å². The lowest BCUT2D eigenvalue weighted by molar-refractivity contribution is -0.163. The average Bonchev–Trinajstić information content (AvgIpc) is 3.25. The summed E-state index contributed by atoms with van der Waals surface area (Å²) in [5, 5.41) is 0. The number of ether oxygens (including phenoxy) is 3. The number of esters is 2. The Hall–Kier alpha value is -1.88. The SMILES string of the molecule is CCC/C=C\C/C=C\CCCCCCCC(=O)OC(COCCCCCCCCCCCCCC)COC(=O)CCCCCCCCCCC/C=C\CCCCCCCC. The van der Waals surface area contributed by atoms with E-state index in [1.165, 1.54) is 193 Å². The lowest BCUT2D eigenvalue weighted by Crippen LogP contribution is -2.30. The van der Waals surface area contributed by atoms with Crippen molar-refractivity contribution in [2.45, 2.75) is 284 Å². The number of rotatable bonds is 49. The Morgan fingerprint density at radius 2 is 0.733 bits per heavy atom. The van der Waals surface area contributed by atoms with E-state index in [1.807, 2.05) is 0 Å². The van der Waals surface area contributed by atoms with E-state index in [2.05, 4.69) is 57.2 Å². The summed E-state index contributed by atoms with van der Waals surface area (Å²) in [6.07, 6.45) is 61.5. The van der Waals surface area contributed by atoms with Crippen LogP contribution in [0, 0.1) is 0 Å². The fourth-order valence-electron chi connectivity index (χ4n) is 7.66. The lowest BCUT2D eigenvalue weighted by Gasteiger charge is -2.18. The van der Waals surface area contributed by atoms with Crippen molar-refractivity contribution >= 4 is 11.9 Å². The van der Waals surface area contributed by atoms with Crippen LogP contribution < -0.4 is 0 Å². The minimum absolute atomic E-state index is 0.0832. The molecule has 0 aliphatic rings. The van der Waals surface area contributed by atoms with Gasteiger partial charge in [-0.3, -0.25) is 9.59 Å². The van der Waals surface area contributed by atoms with E-state index in [0.29, 0.717) is 19.4 Å². The zero-order chi connectivity index (χ0) is 43.5. The normalized spacial score (nSPS) is 12.4. The molecule has 0 saturated carbocycles. The van der Waals surface area contributed by atoms with Crippen LogP contribution in [-0.4, -0.2) is 37.9 Å². The van der Waals surface area contributed by atoms with E-state index in [-0.39, 0.29) is 25.2 Å². The Bertz CT molecular complexity index is 955. The molecule has 5 nitrogen and oxygen atoms in total. The maximum absolute atomic E-state index is 12.8. The number of hydrogen-bond acceptors (Lipinski definition) is 5. The molecule has 352 valence electrons. The van der Waals surface area contributed by atoms with E-state index < -0.39 is 6.10 Å². The zero-order valence-electron chi connectivity index (χ0n) is 40.5. The van der Waals surface area contributed by atoms with Crippen LogP contribution in [0.2, 0.25) is 0 Å². The molecule has 0 amide bonds. The van der Waals surface area contributed by atoms with Crippen LogP contribution in [0.15, 0.2) is 36.5 Å². The highest BCUT2D eigenvalue weighted by molar-refractivity contribution is 5.70. The van der Waals surface area contributed by atoms with Gasteiger partial charge in [-0.15, -0.1) is 0 Å². The molecule has 0 aromatic heterocycles. The Labute approximate surface area is 374 Å². The average molecular weight is 843 g/mol. The van der Waals surface area contributed by atoms with Gasteiger partial charge in [-0.1, -0.05) is 231 Å². The third kappa shape index (κ3) is 48.8. The predicted molar refractivity (Wildman–Crippen MR) is 261 cm³/mol. The number of hydrogen-bond donors (Lipinski definition) is 0. The molecular weight excluding hydrogens is 741 g/mol. The molecule has 1 unspecified atom stereocenters. The topological polar surface area (TPSA) is 61.8 Å². The van der Waals surface area contributed by atoms with Gasteiger partial charge in [0.1, 0.15) is 6.61 Å². The summed E-state index contributed by atoms with van der Waals surface area (Å²) in [7, 11) is 0. The van der Waals surface area contributed by atoms with Gasteiger partial charge in [-0.05, 0) is 70.6 Å². The van der Waals surface area contributed by atoms with Crippen LogP contribution in [-0.2, 0) is 23.8 Å². The second-order valence-corrected chi connectivity index (χ2v) is 17.8. The molecule has 0 heterocycles. The first kappa shape index (κ1) is 58.1. The molecule has 0 rings (SSSR count). The summed E-state index contributed by atoms with van der Waals surface area (Å²) in [4.78, 5) is 25.4. The van der Waals surface area contributed by atoms with E-state index in [0.717, 1.165) is 51.4 Å². The Morgan fingerprint density at radius 1 is 0.367 bits per heavy atom. The first-order valence-electron chi connectivity index (χ1n) is 26.5. The largest absolute Gasteiger partial charge is 0.462 e. The highest BCUT2D eigenvalue weighted by Gasteiger charge is 2.17. The van der Waals surface area contributed by atoms with E-state index in [4.69, 9.17) is 14.2 Å². The number of carbonyl (C=O) groups excluding carboxylic acids is 2. The van der Waals surface area contributed by atoms with Crippen molar-refractivity contribution in [3.63, 3.8) is 0 Å². The van der Waals surface area contributed by atoms with Crippen LogP contribution in [0.5, 0.6) is 0 Å². The zero-order valence-corrected chi connectivity index (χ0v) is 40.5. The van der Waals surface area contributed by atoms with Gasteiger partial charge in [0.25, 0.3) is 0 Å². The van der Waals surface area contributed by atoms with E-state index in [9.17, 15) is 9.59 Å². The Balaban J connectivity index is 4.20. The van der Waals surface area contributed by atoms with E-state index >= 15 is 0 Å². The summed E-state index contributed by atoms with van der Waals surface area (Å²) in [5.41, 5.74) is 0. The standard InChI is InChI=1S/C55H102O5/c1-4-7-10-13-16-19-22-25-26-27-28-29-30-32-33-36-39-42-45-48-54(56)59-52-53(51-58-50-47-44-41-38-35-24-21-18-15-12-9-6-3)60-55(57)49-46-43-40-37-34-31-23-20-17-14-11-8-5-2/h11,14,20,23,25-26,53H,4-10,12-13,15-19,21-22,24,27-52H2,1-3H3/b14-11-,23-20-,26-25-. The van der Waals surface area contributed by atoms with Crippen molar-refractivity contribution in [2.75, 3.05) is 19.8 Å². The first-order chi connectivity index (χ1) is 29.6. The third-order valence-electron chi connectivity index (χ3n) is 11.6. The maximum atomic E-state index is 12.8. The van der Waals surface area contributed by atoms with Gasteiger partial charge in [0, 0.05) is 19.4 Å². The fourth-order valence-corrected chi connectivity index (χ4v) is 7.66. The molecule has 0 aromatic carbocycles. The third-order valence-corrected chi connectivity index (χ3v) is 11.6. The van der Waals surface area contributed by atoms with E-state index in [1.54, 1.807) is 0 Å². The minimum atomic E-state index is -0.538. The van der Waals surface area contributed by atoms with Crippen LogP contribution in [0.4, 0.5) is 0 Å². The summed E-state index contributed by atoms with van der Waals surface area (Å²) in [5.74, 6) is -0.402. The van der Waals surface area contributed by atoms with Gasteiger partial charge in [0.15, 0.2) is 6.10 Å². The molecule has 0 aromatic rings. The molecule has 0 radical (unpaired) electrons. The van der Waals surface area contributed by atoms with Crippen molar-refractivity contribution in [3.8, 4) is 0 Å². The molecule has 5 heteroatoms. The highest BCUT2D eigenvalue weighted by atomic mass is 16.6. The minimum Gasteiger partial charge on any atom is -0.462 e. The molecule has 0 aliphatic carbocycles. The number of allylic oxidation sites excluding steroid dienone is 6. The molecule has 0 N–H and O–H groups in total. The van der Waals surface area contributed by atoms with Gasteiger partial charge in [0.2, 0.25) is 0 Å². The van der Waals surface area contributed by atoms with Crippen LogP contribution >= 0.6 is 0 Å². The highest BCUT2D eigenvalue weighted by Crippen LogP contribution is 2.15. The van der Waals surface area contributed by atoms with Crippen molar-refractivity contribution in [2.24, 2.45) is 0 Å². The molecule has 0 bridgehead atoms. The second-order valence-electron chi connectivity index (χ2n) is 17.8. The monoisotopic (exact) mass is 843 g/mol. The first-order valence-corrected chi connectivity index (χ1v) is 26.5. The van der Waals surface area contributed by atoms with Gasteiger partial charge in [-0.2, -0.15) is 0 Å². The Kier molecular flexibility index (Phi) is 49.9. The molecule has 0 aliphatic heterocycles. The molecule has 0 saturated heterocycles. The summed E-state index contributed by atoms with van der Waals surface area (Å²) >= 11 is 0. The molecular formula is C55H102O5. The van der Waals surface area contributed by atoms with Gasteiger partial charge < -0.3 is 14.2 Å². The van der Waals surface area contributed by atoms with Gasteiger partial charge >= 0.3 is 11.9 Å². The second kappa shape index (κ2) is 51.5. The molecule has 0 fully saturated rings. The Morgan fingerprint density at radius 3 is 1.18 bits per heavy atom. The van der Waals surface area contributed by atoms with Crippen molar-refractivity contribution in [3.05, 3.63) is 36.5 Å². The van der Waals surface area contributed by atoms with Crippen LogP contribution in [0.3, 0.4) is 0 Å². The van der Waals surface area contributed by atoms with Gasteiger partial charge in [0.05, 0.1) is 6.61 Å². The maximum Gasteiger partial charge on any atom is 0.306 e. The molecule has 60 heavy (non-hydrogen) atoms. The summed E-state index contributed by atoms with van der Waals surface area (Å²) < 4.78 is 17.4.